The van der Waals surface area contributed by atoms with Crippen LogP contribution in [-0.2, 0) is 0 Å². The predicted octanol–water partition coefficient (Wildman–Crippen LogP) is 1.93. The Hall–Kier alpha value is -3.16. The molecule has 132 valence electrons. The standard InChI is InChI=1S/C18H17N5O3/c24-14-8-18(26-15-10-20-22-16(14)15)3-5-23(6-4-18)17(25)11-1-2-13-12(7-11)9-19-21-13/h1-2,7,9-10H,3-6,8H2,(H,19,21)(H,20,22). The van der Waals surface area contributed by atoms with Gasteiger partial charge < -0.3 is 9.64 Å². The van der Waals surface area contributed by atoms with Gasteiger partial charge in [-0.05, 0) is 18.2 Å². The van der Waals surface area contributed by atoms with Crippen LogP contribution in [0.15, 0.2) is 30.6 Å². The molecule has 0 radical (unpaired) electrons. The number of benzene rings is 1. The van der Waals surface area contributed by atoms with Crippen molar-refractivity contribution in [2.75, 3.05) is 13.1 Å². The third kappa shape index (κ3) is 2.29. The lowest BCUT2D eigenvalue weighted by Gasteiger charge is -2.43. The van der Waals surface area contributed by atoms with Gasteiger partial charge in [-0.1, -0.05) is 0 Å². The number of nitrogens with one attached hydrogen (secondary N) is 2. The zero-order chi connectivity index (χ0) is 17.7. The molecule has 2 aliphatic heterocycles. The van der Waals surface area contributed by atoms with Gasteiger partial charge in [0, 0.05) is 36.9 Å². The normalized spacial score (nSPS) is 18.8. The summed E-state index contributed by atoms with van der Waals surface area (Å²) in [4.78, 5) is 27.0. The Balaban J connectivity index is 1.32. The number of nitrogens with zero attached hydrogens (tertiary/aromatic N) is 3. The maximum absolute atomic E-state index is 12.8. The van der Waals surface area contributed by atoms with Crippen molar-refractivity contribution >= 4 is 22.6 Å². The van der Waals surface area contributed by atoms with Gasteiger partial charge in [0.2, 0.25) is 0 Å². The first-order chi connectivity index (χ1) is 12.6. The summed E-state index contributed by atoms with van der Waals surface area (Å²) in [5.74, 6) is 0.537. The Labute approximate surface area is 148 Å². The molecule has 2 aromatic heterocycles. The highest BCUT2D eigenvalue weighted by Crippen LogP contribution is 2.38. The average molecular weight is 351 g/mol. The zero-order valence-corrected chi connectivity index (χ0v) is 14.0. The number of H-pyrrole nitrogens is 2. The van der Waals surface area contributed by atoms with E-state index in [0.29, 0.717) is 49.4 Å². The molecule has 0 unspecified atom stereocenters. The highest BCUT2D eigenvalue weighted by molar-refractivity contribution is 5.99. The number of rotatable bonds is 1. The molecule has 8 heteroatoms. The van der Waals surface area contributed by atoms with Crippen molar-refractivity contribution in [1.29, 1.82) is 0 Å². The second-order valence-corrected chi connectivity index (χ2v) is 6.96. The quantitative estimate of drug-likeness (QED) is 0.697. The molecule has 2 N–H and O–H groups in total. The van der Waals surface area contributed by atoms with Crippen molar-refractivity contribution in [3.63, 3.8) is 0 Å². The minimum absolute atomic E-state index is 0.00548. The smallest absolute Gasteiger partial charge is 0.253 e. The first-order valence-corrected chi connectivity index (χ1v) is 8.62. The molecule has 1 saturated heterocycles. The number of ketones is 1. The summed E-state index contributed by atoms with van der Waals surface area (Å²) in [5.41, 5.74) is 1.47. The van der Waals surface area contributed by atoms with Crippen molar-refractivity contribution in [3.8, 4) is 5.75 Å². The van der Waals surface area contributed by atoms with Gasteiger partial charge in [-0.25, -0.2) is 0 Å². The molecule has 1 aromatic carbocycles. The largest absolute Gasteiger partial charge is 0.483 e. The van der Waals surface area contributed by atoms with Crippen molar-refractivity contribution < 1.29 is 14.3 Å². The second kappa shape index (κ2) is 5.42. The summed E-state index contributed by atoms with van der Waals surface area (Å²) in [6.07, 6.45) is 4.84. The van der Waals surface area contributed by atoms with Gasteiger partial charge in [-0.2, -0.15) is 10.2 Å². The van der Waals surface area contributed by atoms with Crippen LogP contribution in [0.25, 0.3) is 10.9 Å². The second-order valence-electron chi connectivity index (χ2n) is 6.96. The fourth-order valence-electron chi connectivity index (χ4n) is 3.86. The molecule has 8 nitrogen and oxygen atoms in total. The van der Waals surface area contributed by atoms with E-state index < -0.39 is 5.60 Å². The Morgan fingerprint density at radius 2 is 1.96 bits per heavy atom. The zero-order valence-electron chi connectivity index (χ0n) is 14.0. The van der Waals surface area contributed by atoms with E-state index in [1.807, 2.05) is 23.1 Å². The molecular weight excluding hydrogens is 334 g/mol. The van der Waals surface area contributed by atoms with Crippen LogP contribution in [0.3, 0.4) is 0 Å². The van der Waals surface area contributed by atoms with Crippen molar-refractivity contribution in [1.82, 2.24) is 25.3 Å². The number of ether oxygens (including phenoxy) is 1. The van der Waals surface area contributed by atoms with E-state index >= 15 is 0 Å². The Morgan fingerprint density at radius 3 is 2.81 bits per heavy atom. The topological polar surface area (TPSA) is 104 Å². The van der Waals surface area contributed by atoms with Gasteiger partial charge in [0.25, 0.3) is 5.91 Å². The molecule has 5 rings (SSSR count). The first-order valence-electron chi connectivity index (χ1n) is 8.62. The minimum Gasteiger partial charge on any atom is -0.483 e. The molecule has 4 heterocycles. The molecule has 3 aromatic rings. The third-order valence-electron chi connectivity index (χ3n) is 5.34. The lowest BCUT2D eigenvalue weighted by Crippen LogP contribution is -2.52. The van der Waals surface area contributed by atoms with Gasteiger partial charge in [-0.15, -0.1) is 0 Å². The molecule has 0 aliphatic carbocycles. The van der Waals surface area contributed by atoms with E-state index in [4.69, 9.17) is 4.74 Å². The highest BCUT2D eigenvalue weighted by atomic mass is 16.5. The molecule has 0 saturated carbocycles. The summed E-state index contributed by atoms with van der Waals surface area (Å²) in [6.45, 7) is 1.12. The number of piperidine rings is 1. The van der Waals surface area contributed by atoms with E-state index in [1.165, 1.54) is 0 Å². The molecule has 1 fully saturated rings. The molecule has 26 heavy (non-hydrogen) atoms. The van der Waals surface area contributed by atoms with Gasteiger partial charge >= 0.3 is 0 Å². The average Bonchev–Trinajstić information content (AvgIpc) is 3.30. The molecule has 0 atom stereocenters. The van der Waals surface area contributed by atoms with E-state index in [1.54, 1.807) is 12.4 Å². The van der Waals surface area contributed by atoms with Crippen LogP contribution >= 0.6 is 0 Å². The predicted molar refractivity (Wildman–Crippen MR) is 92.1 cm³/mol. The van der Waals surface area contributed by atoms with Gasteiger partial charge in [0.05, 0.1) is 24.3 Å². The summed E-state index contributed by atoms with van der Waals surface area (Å²) < 4.78 is 6.09. The van der Waals surface area contributed by atoms with Crippen LogP contribution in [0.1, 0.15) is 40.1 Å². The molecular formula is C18H17N5O3. The number of amides is 1. The van der Waals surface area contributed by atoms with Gasteiger partial charge in [0.15, 0.2) is 11.5 Å². The van der Waals surface area contributed by atoms with Crippen LogP contribution in [0.5, 0.6) is 5.75 Å². The Kier molecular flexibility index (Phi) is 3.15. The molecule has 0 bridgehead atoms. The fourth-order valence-corrected chi connectivity index (χ4v) is 3.86. The number of carbonyl (C=O) groups is 2. The number of hydrogen-bond acceptors (Lipinski definition) is 5. The Morgan fingerprint density at radius 1 is 1.15 bits per heavy atom. The minimum atomic E-state index is -0.529. The maximum Gasteiger partial charge on any atom is 0.253 e. The van der Waals surface area contributed by atoms with Crippen molar-refractivity contribution in [3.05, 3.63) is 41.9 Å². The van der Waals surface area contributed by atoms with E-state index in [2.05, 4.69) is 20.4 Å². The summed E-state index contributed by atoms with van der Waals surface area (Å²) >= 11 is 0. The van der Waals surface area contributed by atoms with Crippen LogP contribution in [0.4, 0.5) is 0 Å². The van der Waals surface area contributed by atoms with E-state index in [0.717, 1.165) is 10.9 Å². The summed E-state index contributed by atoms with van der Waals surface area (Å²) in [5, 5.41) is 14.4. The first kappa shape index (κ1) is 15.1. The van der Waals surface area contributed by atoms with Crippen LogP contribution in [0.2, 0.25) is 0 Å². The lowest BCUT2D eigenvalue weighted by atomic mass is 9.83. The van der Waals surface area contributed by atoms with Crippen LogP contribution in [-0.4, -0.2) is 55.7 Å². The number of Topliss-reactive ketones (excluding diaryl/α,β-unsaturated/α-hetero) is 1. The number of aromatic nitrogens is 4. The highest BCUT2D eigenvalue weighted by Gasteiger charge is 2.44. The van der Waals surface area contributed by atoms with E-state index in [-0.39, 0.29) is 11.7 Å². The van der Waals surface area contributed by atoms with Crippen molar-refractivity contribution in [2.24, 2.45) is 0 Å². The Bertz CT molecular complexity index is 1010. The number of aromatic amines is 2. The van der Waals surface area contributed by atoms with Crippen molar-refractivity contribution in [2.45, 2.75) is 24.9 Å². The molecule has 1 amide bonds. The van der Waals surface area contributed by atoms with E-state index in [9.17, 15) is 9.59 Å². The molecule has 1 spiro atoms. The van der Waals surface area contributed by atoms with Gasteiger partial charge in [-0.3, -0.25) is 19.8 Å². The number of hydrogen-bond donors (Lipinski definition) is 2. The lowest BCUT2D eigenvalue weighted by molar-refractivity contribution is -0.00581. The monoisotopic (exact) mass is 351 g/mol. The third-order valence-corrected chi connectivity index (χ3v) is 5.34. The summed E-state index contributed by atoms with van der Waals surface area (Å²) in [6, 6.07) is 5.53. The maximum atomic E-state index is 12.8. The van der Waals surface area contributed by atoms with Crippen LogP contribution in [0, 0.1) is 0 Å². The van der Waals surface area contributed by atoms with Gasteiger partial charge in [0.1, 0.15) is 11.3 Å². The van der Waals surface area contributed by atoms with Crippen LogP contribution < -0.4 is 4.74 Å². The number of fused-ring (bicyclic) bond motifs is 2. The number of carbonyl (C=O) groups excluding carboxylic acids is 2. The SMILES string of the molecule is O=C1CC2(CCN(C(=O)c3ccc4[nH]ncc4c3)CC2)Oc2cn[nH]c21. The fraction of sp³-hybridized carbons (Fsp3) is 0.333. The summed E-state index contributed by atoms with van der Waals surface area (Å²) in [7, 11) is 0. The number of likely N-dealkylation sites (tertiary alicyclic amines) is 1. The molecule has 2 aliphatic rings.